The molecule has 4 aromatic rings. The number of benzene rings is 2. The molecule has 7 heteroatoms. The Morgan fingerprint density at radius 3 is 2.67 bits per heavy atom. The van der Waals surface area contributed by atoms with Gasteiger partial charge in [0.2, 0.25) is 5.76 Å². The summed E-state index contributed by atoms with van der Waals surface area (Å²) in [7, 11) is 0. The van der Waals surface area contributed by atoms with Gasteiger partial charge in [-0.25, -0.2) is 9.59 Å². The first kappa shape index (κ1) is 19.7. The number of aryl methyl sites for hydroxylation is 1. The van der Waals surface area contributed by atoms with E-state index in [4.69, 9.17) is 18.3 Å². The Morgan fingerprint density at radius 1 is 1.07 bits per heavy atom. The number of carbonyl (C=O) groups excluding carboxylic acids is 1. The zero-order chi connectivity index (χ0) is 21.3. The Morgan fingerprint density at radius 2 is 1.87 bits per heavy atom. The Bertz CT molecular complexity index is 1300. The number of ether oxygens (including phenoxy) is 2. The molecule has 0 saturated carbocycles. The SMILES string of the molecule is CCOCc1c(C(=O)OCc2cc(=O)oc3c(C)c(O)ccc23)oc2ccccc12. The smallest absolute Gasteiger partial charge is 0.374 e. The predicted molar refractivity (Wildman–Crippen MR) is 110 cm³/mol. The van der Waals surface area contributed by atoms with Crippen LogP contribution in [0.25, 0.3) is 21.9 Å². The van der Waals surface area contributed by atoms with Crippen molar-refractivity contribution in [2.75, 3.05) is 6.61 Å². The zero-order valence-corrected chi connectivity index (χ0v) is 16.6. The van der Waals surface area contributed by atoms with Gasteiger partial charge in [-0.15, -0.1) is 0 Å². The van der Waals surface area contributed by atoms with Crippen molar-refractivity contribution in [3.05, 3.63) is 75.3 Å². The molecule has 0 saturated heterocycles. The standard InChI is InChI=1S/C23H20O7/c1-3-27-12-17-16-6-4-5-7-19(16)29-22(17)23(26)28-11-14-10-20(25)30-21-13(2)18(24)9-8-15(14)21/h4-10,24H,3,11-12H2,1-2H3. The molecule has 0 unspecified atom stereocenters. The molecule has 0 spiro atoms. The molecule has 2 heterocycles. The number of aromatic hydroxyl groups is 1. The minimum Gasteiger partial charge on any atom is -0.508 e. The van der Waals surface area contributed by atoms with Crippen LogP contribution < -0.4 is 5.63 Å². The lowest BCUT2D eigenvalue weighted by Gasteiger charge is -2.09. The van der Waals surface area contributed by atoms with Gasteiger partial charge in [-0.1, -0.05) is 18.2 Å². The molecule has 0 fully saturated rings. The van der Waals surface area contributed by atoms with E-state index in [0.717, 1.165) is 5.39 Å². The summed E-state index contributed by atoms with van der Waals surface area (Å²) in [5.74, 6) is -0.564. The maximum Gasteiger partial charge on any atom is 0.374 e. The molecule has 7 nitrogen and oxygen atoms in total. The number of hydrogen-bond donors (Lipinski definition) is 1. The van der Waals surface area contributed by atoms with Gasteiger partial charge < -0.3 is 23.4 Å². The normalized spacial score (nSPS) is 11.3. The molecular formula is C23H20O7. The largest absolute Gasteiger partial charge is 0.508 e. The summed E-state index contributed by atoms with van der Waals surface area (Å²) >= 11 is 0. The lowest BCUT2D eigenvalue weighted by molar-refractivity contribution is 0.0431. The Balaban J connectivity index is 1.66. The Kier molecular flexibility index (Phi) is 5.29. The number of hydrogen-bond acceptors (Lipinski definition) is 7. The average Bonchev–Trinajstić information content (AvgIpc) is 3.12. The van der Waals surface area contributed by atoms with Crippen LogP contribution in [-0.2, 0) is 22.7 Å². The Labute approximate surface area is 171 Å². The average molecular weight is 408 g/mol. The number of carbonyl (C=O) groups is 1. The van der Waals surface area contributed by atoms with Crippen LogP contribution in [0.3, 0.4) is 0 Å². The minimum absolute atomic E-state index is 0.0163. The van der Waals surface area contributed by atoms with E-state index in [1.165, 1.54) is 12.1 Å². The number of rotatable bonds is 6. The van der Waals surface area contributed by atoms with Crippen LogP contribution in [-0.4, -0.2) is 17.7 Å². The number of phenols is 1. The molecule has 0 amide bonds. The van der Waals surface area contributed by atoms with E-state index in [-0.39, 0.29) is 30.3 Å². The van der Waals surface area contributed by atoms with E-state index in [2.05, 4.69) is 0 Å². The van der Waals surface area contributed by atoms with Crippen LogP contribution in [0, 0.1) is 6.92 Å². The van der Waals surface area contributed by atoms with E-state index >= 15 is 0 Å². The number of phenolic OH excluding ortho intramolecular Hbond substituents is 1. The lowest BCUT2D eigenvalue weighted by atomic mass is 10.1. The molecule has 4 rings (SSSR count). The highest BCUT2D eigenvalue weighted by molar-refractivity contribution is 5.96. The second kappa shape index (κ2) is 8.04. The van der Waals surface area contributed by atoms with Crippen LogP contribution >= 0.6 is 0 Å². The van der Waals surface area contributed by atoms with Crippen molar-refractivity contribution in [1.29, 1.82) is 0 Å². The fourth-order valence-corrected chi connectivity index (χ4v) is 3.36. The van der Waals surface area contributed by atoms with Crippen molar-refractivity contribution in [1.82, 2.24) is 0 Å². The van der Waals surface area contributed by atoms with Crippen molar-refractivity contribution in [3.8, 4) is 5.75 Å². The molecule has 30 heavy (non-hydrogen) atoms. The van der Waals surface area contributed by atoms with Gasteiger partial charge in [0.25, 0.3) is 0 Å². The van der Waals surface area contributed by atoms with Crippen LogP contribution in [0.5, 0.6) is 5.75 Å². The Hall–Kier alpha value is -3.58. The van der Waals surface area contributed by atoms with E-state index in [9.17, 15) is 14.7 Å². The van der Waals surface area contributed by atoms with Gasteiger partial charge in [-0.2, -0.15) is 0 Å². The van der Waals surface area contributed by atoms with Gasteiger partial charge in [-0.3, -0.25) is 0 Å². The topological polar surface area (TPSA) is 99.1 Å². The first-order valence-corrected chi connectivity index (χ1v) is 9.50. The third kappa shape index (κ3) is 3.55. The van der Waals surface area contributed by atoms with E-state index in [1.54, 1.807) is 19.1 Å². The van der Waals surface area contributed by atoms with Gasteiger partial charge in [0.1, 0.15) is 23.5 Å². The van der Waals surface area contributed by atoms with Crippen molar-refractivity contribution in [2.45, 2.75) is 27.1 Å². The van der Waals surface area contributed by atoms with Gasteiger partial charge in [0.05, 0.1) is 6.61 Å². The van der Waals surface area contributed by atoms with E-state index in [1.807, 2.05) is 25.1 Å². The lowest BCUT2D eigenvalue weighted by Crippen LogP contribution is -2.09. The molecular weight excluding hydrogens is 388 g/mol. The van der Waals surface area contributed by atoms with Crippen LogP contribution in [0.2, 0.25) is 0 Å². The summed E-state index contributed by atoms with van der Waals surface area (Å²) < 4.78 is 21.9. The number of esters is 1. The summed E-state index contributed by atoms with van der Waals surface area (Å²) in [4.78, 5) is 24.7. The molecule has 0 aliphatic carbocycles. The molecule has 0 aliphatic heterocycles. The van der Waals surface area contributed by atoms with Crippen LogP contribution in [0.15, 0.2) is 56.1 Å². The number of furan rings is 1. The van der Waals surface area contributed by atoms with Gasteiger partial charge >= 0.3 is 11.6 Å². The van der Waals surface area contributed by atoms with E-state index < -0.39 is 11.6 Å². The summed E-state index contributed by atoms with van der Waals surface area (Å²) in [6.45, 7) is 4.06. The van der Waals surface area contributed by atoms with Crippen molar-refractivity contribution >= 4 is 27.9 Å². The quantitative estimate of drug-likeness (QED) is 0.372. The molecule has 1 N–H and O–H groups in total. The zero-order valence-electron chi connectivity index (χ0n) is 16.6. The summed E-state index contributed by atoms with van der Waals surface area (Å²) in [5, 5.41) is 11.2. The highest BCUT2D eigenvalue weighted by Crippen LogP contribution is 2.29. The van der Waals surface area contributed by atoms with Crippen molar-refractivity contribution in [2.24, 2.45) is 0 Å². The van der Waals surface area contributed by atoms with Crippen LogP contribution in [0.4, 0.5) is 0 Å². The number of para-hydroxylation sites is 1. The summed E-state index contributed by atoms with van der Waals surface area (Å²) in [6, 6.07) is 11.7. The third-order valence-corrected chi connectivity index (χ3v) is 4.91. The first-order valence-electron chi connectivity index (χ1n) is 9.50. The summed E-state index contributed by atoms with van der Waals surface area (Å²) in [5.41, 5.74) is 1.76. The monoisotopic (exact) mass is 408 g/mol. The molecule has 2 aromatic heterocycles. The van der Waals surface area contributed by atoms with Crippen molar-refractivity contribution in [3.63, 3.8) is 0 Å². The first-order chi connectivity index (χ1) is 14.5. The third-order valence-electron chi connectivity index (χ3n) is 4.91. The second-order valence-electron chi connectivity index (χ2n) is 6.80. The molecule has 0 atom stereocenters. The predicted octanol–water partition coefficient (Wildman–Crippen LogP) is 4.45. The van der Waals surface area contributed by atoms with Gasteiger partial charge in [0.15, 0.2) is 0 Å². The second-order valence-corrected chi connectivity index (χ2v) is 6.80. The summed E-state index contributed by atoms with van der Waals surface area (Å²) in [6.07, 6.45) is 0. The van der Waals surface area contributed by atoms with Gasteiger partial charge in [0, 0.05) is 40.1 Å². The molecule has 0 bridgehead atoms. The highest BCUT2D eigenvalue weighted by atomic mass is 16.5. The molecule has 154 valence electrons. The minimum atomic E-state index is -0.655. The molecule has 0 radical (unpaired) electrons. The van der Waals surface area contributed by atoms with Crippen LogP contribution in [0.1, 0.15) is 34.2 Å². The number of fused-ring (bicyclic) bond motifs is 2. The highest BCUT2D eigenvalue weighted by Gasteiger charge is 2.22. The van der Waals surface area contributed by atoms with E-state index in [0.29, 0.717) is 34.3 Å². The maximum absolute atomic E-state index is 12.8. The van der Waals surface area contributed by atoms with Gasteiger partial charge in [-0.05, 0) is 32.0 Å². The maximum atomic E-state index is 12.8. The fraction of sp³-hybridized carbons (Fsp3) is 0.217. The van der Waals surface area contributed by atoms with Crippen molar-refractivity contribution < 1.29 is 28.2 Å². The molecule has 0 aliphatic rings. The fourth-order valence-electron chi connectivity index (χ4n) is 3.36. The molecule has 2 aromatic carbocycles.